The first-order valence-corrected chi connectivity index (χ1v) is 5.33. The lowest BCUT2D eigenvalue weighted by molar-refractivity contribution is -0.142. The maximum Gasteiger partial charge on any atom is 0.343 e. The summed E-state index contributed by atoms with van der Waals surface area (Å²) in [4.78, 5) is 11.8. The third kappa shape index (κ3) is 2.96. The zero-order valence-electron chi connectivity index (χ0n) is 8.15. The van der Waals surface area contributed by atoms with Crippen LogP contribution in [0.3, 0.4) is 0 Å². The molecule has 0 aliphatic rings. The van der Waals surface area contributed by atoms with E-state index in [-0.39, 0.29) is 12.6 Å². The van der Waals surface area contributed by atoms with Crippen LogP contribution >= 0.6 is 11.8 Å². The first kappa shape index (κ1) is 10.9. The third-order valence-electron chi connectivity index (χ3n) is 1.64. The zero-order chi connectivity index (χ0) is 10.4. The molecule has 0 spiro atoms. The van der Waals surface area contributed by atoms with E-state index in [1.807, 2.05) is 30.5 Å². The number of carbonyl (C=O) groups is 1. The van der Waals surface area contributed by atoms with Crippen LogP contribution in [0.25, 0.3) is 0 Å². The standard InChI is InChI=1S/C10H12O3S/c1-12-10(11)7-13-8-5-3-4-6-9(8)14-2/h3-6H,7H2,1-2H3. The fourth-order valence-electron chi connectivity index (χ4n) is 0.934. The molecule has 3 nitrogen and oxygen atoms in total. The van der Waals surface area contributed by atoms with Crippen LogP contribution in [-0.4, -0.2) is 25.9 Å². The molecular formula is C10H12O3S. The van der Waals surface area contributed by atoms with Crippen molar-refractivity contribution < 1.29 is 14.3 Å². The maximum absolute atomic E-state index is 10.8. The minimum atomic E-state index is -0.374. The van der Waals surface area contributed by atoms with Crippen molar-refractivity contribution in [2.24, 2.45) is 0 Å². The highest BCUT2D eigenvalue weighted by Crippen LogP contribution is 2.26. The molecule has 0 aromatic heterocycles. The number of thioether (sulfide) groups is 1. The predicted molar refractivity (Wildman–Crippen MR) is 55.7 cm³/mol. The molecule has 0 heterocycles. The first-order valence-electron chi connectivity index (χ1n) is 4.10. The van der Waals surface area contributed by atoms with Gasteiger partial charge in [-0.1, -0.05) is 12.1 Å². The highest BCUT2D eigenvalue weighted by atomic mass is 32.2. The topological polar surface area (TPSA) is 35.5 Å². The lowest BCUT2D eigenvalue weighted by atomic mass is 10.3. The molecule has 0 N–H and O–H groups in total. The normalized spacial score (nSPS) is 9.57. The highest BCUT2D eigenvalue weighted by Gasteiger charge is 2.04. The number of esters is 1. The van der Waals surface area contributed by atoms with Crippen LogP contribution < -0.4 is 4.74 Å². The van der Waals surface area contributed by atoms with E-state index in [1.54, 1.807) is 11.8 Å². The van der Waals surface area contributed by atoms with Crippen molar-refractivity contribution in [3.8, 4) is 5.75 Å². The second-order valence-electron chi connectivity index (χ2n) is 2.52. The van der Waals surface area contributed by atoms with Crippen LogP contribution in [0.2, 0.25) is 0 Å². The number of carbonyl (C=O) groups excluding carboxylic acids is 1. The SMILES string of the molecule is COC(=O)COc1ccccc1SC. The summed E-state index contributed by atoms with van der Waals surface area (Å²) in [5.41, 5.74) is 0. The van der Waals surface area contributed by atoms with Crippen molar-refractivity contribution >= 4 is 17.7 Å². The van der Waals surface area contributed by atoms with Crippen LogP contribution in [0.4, 0.5) is 0 Å². The molecule has 0 bridgehead atoms. The predicted octanol–water partition coefficient (Wildman–Crippen LogP) is 1.96. The fraction of sp³-hybridized carbons (Fsp3) is 0.300. The molecule has 0 fully saturated rings. The van der Waals surface area contributed by atoms with Gasteiger partial charge < -0.3 is 9.47 Å². The number of benzene rings is 1. The van der Waals surface area contributed by atoms with E-state index in [1.165, 1.54) is 7.11 Å². The van der Waals surface area contributed by atoms with Crippen molar-refractivity contribution in [2.75, 3.05) is 20.0 Å². The van der Waals surface area contributed by atoms with Gasteiger partial charge in [0.1, 0.15) is 5.75 Å². The molecule has 0 saturated carbocycles. The fourth-order valence-corrected chi connectivity index (χ4v) is 1.48. The summed E-state index contributed by atoms with van der Waals surface area (Å²) in [6.45, 7) is -0.0475. The number of hydrogen-bond donors (Lipinski definition) is 0. The van der Waals surface area contributed by atoms with Gasteiger partial charge in [0.2, 0.25) is 0 Å². The second-order valence-corrected chi connectivity index (χ2v) is 3.36. The molecule has 0 saturated heterocycles. The molecule has 1 aromatic carbocycles. The lowest BCUT2D eigenvalue weighted by Gasteiger charge is -2.07. The second kappa shape index (κ2) is 5.54. The quantitative estimate of drug-likeness (QED) is 0.564. The Kier molecular flexibility index (Phi) is 4.32. The molecule has 0 unspecified atom stereocenters. The molecule has 0 aliphatic heterocycles. The van der Waals surface area contributed by atoms with Gasteiger partial charge in [-0.15, -0.1) is 11.8 Å². The summed E-state index contributed by atoms with van der Waals surface area (Å²) in [5, 5.41) is 0. The highest BCUT2D eigenvalue weighted by molar-refractivity contribution is 7.98. The van der Waals surface area contributed by atoms with Crippen molar-refractivity contribution in [3.05, 3.63) is 24.3 Å². The van der Waals surface area contributed by atoms with Gasteiger partial charge in [-0.25, -0.2) is 4.79 Å². The molecule has 4 heteroatoms. The number of para-hydroxylation sites is 1. The van der Waals surface area contributed by atoms with Crippen molar-refractivity contribution in [2.45, 2.75) is 4.90 Å². The average Bonchev–Trinajstić information content (AvgIpc) is 2.26. The summed E-state index contributed by atoms with van der Waals surface area (Å²) >= 11 is 1.58. The van der Waals surface area contributed by atoms with E-state index in [9.17, 15) is 4.79 Å². The van der Waals surface area contributed by atoms with Gasteiger partial charge in [0, 0.05) is 4.90 Å². The summed E-state index contributed by atoms with van der Waals surface area (Å²) in [7, 11) is 1.34. The van der Waals surface area contributed by atoms with Crippen molar-refractivity contribution in [1.29, 1.82) is 0 Å². The van der Waals surface area contributed by atoms with Crippen LogP contribution in [-0.2, 0) is 9.53 Å². The Balaban J connectivity index is 2.61. The molecule has 1 rings (SSSR count). The Labute approximate surface area is 87.4 Å². The minimum Gasteiger partial charge on any atom is -0.481 e. The Hall–Kier alpha value is -1.16. The first-order chi connectivity index (χ1) is 6.77. The molecule has 0 amide bonds. The molecule has 0 radical (unpaired) electrons. The molecule has 76 valence electrons. The summed E-state index contributed by atoms with van der Waals surface area (Å²) in [6, 6.07) is 7.56. The maximum atomic E-state index is 10.8. The number of rotatable bonds is 4. The van der Waals surface area contributed by atoms with E-state index < -0.39 is 0 Å². The Morgan fingerprint density at radius 3 is 2.79 bits per heavy atom. The third-order valence-corrected chi connectivity index (χ3v) is 2.42. The van der Waals surface area contributed by atoms with E-state index >= 15 is 0 Å². The molecule has 0 atom stereocenters. The molecule has 14 heavy (non-hydrogen) atoms. The average molecular weight is 212 g/mol. The van der Waals surface area contributed by atoms with Gasteiger partial charge in [-0.3, -0.25) is 0 Å². The lowest BCUT2D eigenvalue weighted by Crippen LogP contribution is -2.12. The number of methoxy groups -OCH3 is 1. The summed E-state index contributed by atoms with van der Waals surface area (Å²) in [6.07, 6.45) is 1.96. The van der Waals surface area contributed by atoms with Gasteiger partial charge in [-0.2, -0.15) is 0 Å². The monoisotopic (exact) mass is 212 g/mol. The molecule has 0 aliphatic carbocycles. The van der Waals surface area contributed by atoms with Gasteiger partial charge in [-0.05, 0) is 18.4 Å². The van der Waals surface area contributed by atoms with E-state index in [0.29, 0.717) is 5.75 Å². The Morgan fingerprint density at radius 1 is 1.43 bits per heavy atom. The molecule has 1 aromatic rings. The van der Waals surface area contributed by atoms with Gasteiger partial charge >= 0.3 is 5.97 Å². The number of ether oxygens (including phenoxy) is 2. The summed E-state index contributed by atoms with van der Waals surface area (Å²) in [5.74, 6) is 0.339. The van der Waals surface area contributed by atoms with Crippen LogP contribution in [0, 0.1) is 0 Å². The Bertz CT molecular complexity index is 312. The van der Waals surface area contributed by atoms with Crippen LogP contribution in [0.15, 0.2) is 29.2 Å². The van der Waals surface area contributed by atoms with E-state index in [2.05, 4.69) is 4.74 Å². The minimum absolute atomic E-state index is 0.0475. The largest absolute Gasteiger partial charge is 0.481 e. The zero-order valence-corrected chi connectivity index (χ0v) is 8.97. The van der Waals surface area contributed by atoms with Gasteiger partial charge in [0.25, 0.3) is 0 Å². The van der Waals surface area contributed by atoms with Crippen molar-refractivity contribution in [3.63, 3.8) is 0 Å². The van der Waals surface area contributed by atoms with Crippen LogP contribution in [0.5, 0.6) is 5.75 Å². The smallest absolute Gasteiger partial charge is 0.343 e. The summed E-state index contributed by atoms with van der Waals surface area (Å²) < 4.78 is 9.76. The Morgan fingerprint density at radius 2 is 2.14 bits per heavy atom. The van der Waals surface area contributed by atoms with Gasteiger partial charge in [0.05, 0.1) is 7.11 Å². The van der Waals surface area contributed by atoms with Crippen LogP contribution in [0.1, 0.15) is 0 Å². The van der Waals surface area contributed by atoms with Crippen molar-refractivity contribution in [1.82, 2.24) is 0 Å². The van der Waals surface area contributed by atoms with Gasteiger partial charge in [0.15, 0.2) is 6.61 Å². The number of hydrogen-bond acceptors (Lipinski definition) is 4. The molecular weight excluding hydrogens is 200 g/mol. The van der Waals surface area contributed by atoms with E-state index in [4.69, 9.17) is 4.74 Å². The van der Waals surface area contributed by atoms with E-state index in [0.717, 1.165) is 4.90 Å².